The van der Waals surface area contributed by atoms with E-state index in [1.165, 1.54) is 6.07 Å². The van der Waals surface area contributed by atoms with E-state index < -0.39 is 15.8 Å². The molecule has 9 heteroatoms. The number of anilines is 1. The quantitative estimate of drug-likeness (QED) is 0.825. The van der Waals surface area contributed by atoms with E-state index in [2.05, 4.69) is 20.7 Å². The number of nitrogens with one attached hydrogen (secondary N) is 1. The van der Waals surface area contributed by atoms with Crippen LogP contribution in [0, 0.1) is 5.82 Å². The average Bonchev–Trinajstić information content (AvgIpc) is 2.83. The van der Waals surface area contributed by atoms with Crippen molar-refractivity contribution in [3.63, 3.8) is 0 Å². The number of hydrogen-bond donors (Lipinski definition) is 2. The molecule has 0 spiro atoms. The molecule has 0 bridgehead atoms. The van der Waals surface area contributed by atoms with Crippen LogP contribution in [0.2, 0.25) is 5.02 Å². The summed E-state index contributed by atoms with van der Waals surface area (Å²) in [6, 6.07) is 3.64. The minimum atomic E-state index is -3.78. The summed E-state index contributed by atoms with van der Waals surface area (Å²) < 4.78 is 40.2. The zero-order chi connectivity index (χ0) is 14.9. The van der Waals surface area contributed by atoms with Gasteiger partial charge in [-0.15, -0.1) is 11.3 Å². The zero-order valence-electron chi connectivity index (χ0n) is 9.86. The lowest BCUT2D eigenvalue weighted by Gasteiger charge is -2.10. The second kappa shape index (κ2) is 5.98. The van der Waals surface area contributed by atoms with Gasteiger partial charge in [-0.25, -0.2) is 12.8 Å². The van der Waals surface area contributed by atoms with Crippen LogP contribution in [0.3, 0.4) is 0 Å². The molecule has 0 saturated carbocycles. The highest BCUT2D eigenvalue weighted by Gasteiger charge is 2.20. The van der Waals surface area contributed by atoms with Crippen LogP contribution in [0.5, 0.6) is 0 Å². The summed E-state index contributed by atoms with van der Waals surface area (Å²) in [6.07, 6.45) is 0. The molecule has 4 nitrogen and oxygen atoms in total. The van der Waals surface area contributed by atoms with Crippen LogP contribution in [0.15, 0.2) is 32.3 Å². The van der Waals surface area contributed by atoms with Gasteiger partial charge in [-0.3, -0.25) is 4.72 Å². The molecular formula is C11H9BrClFN2O2S2. The van der Waals surface area contributed by atoms with Gasteiger partial charge in [-0.1, -0.05) is 11.6 Å². The van der Waals surface area contributed by atoms with E-state index in [1.54, 1.807) is 5.38 Å². The van der Waals surface area contributed by atoms with Gasteiger partial charge < -0.3 is 5.73 Å². The Balaban J connectivity index is 2.38. The van der Waals surface area contributed by atoms with Gasteiger partial charge in [0.05, 0.1) is 10.7 Å². The lowest BCUT2D eigenvalue weighted by molar-refractivity contribution is 0.602. The first-order valence-corrected chi connectivity index (χ1v) is 8.81. The highest BCUT2D eigenvalue weighted by molar-refractivity contribution is 9.10. The topological polar surface area (TPSA) is 72.2 Å². The molecule has 20 heavy (non-hydrogen) atoms. The number of hydrogen-bond acceptors (Lipinski definition) is 4. The van der Waals surface area contributed by atoms with E-state index in [0.29, 0.717) is 0 Å². The first-order chi connectivity index (χ1) is 9.33. The van der Waals surface area contributed by atoms with Gasteiger partial charge in [0.1, 0.15) is 10.0 Å². The third kappa shape index (κ3) is 3.32. The number of halogens is 3. The Morgan fingerprint density at radius 2 is 2.10 bits per heavy atom. The van der Waals surface area contributed by atoms with Crippen molar-refractivity contribution in [1.29, 1.82) is 0 Å². The molecule has 0 saturated heterocycles. The maximum absolute atomic E-state index is 13.1. The van der Waals surface area contributed by atoms with Crippen molar-refractivity contribution in [2.75, 3.05) is 4.72 Å². The predicted octanol–water partition coefficient (Wildman–Crippen LogP) is 3.56. The minimum Gasteiger partial charge on any atom is -0.326 e. The van der Waals surface area contributed by atoms with Crippen LogP contribution < -0.4 is 10.5 Å². The number of thiophene rings is 1. The van der Waals surface area contributed by atoms with Crippen LogP contribution in [0.25, 0.3) is 0 Å². The normalized spacial score (nSPS) is 11.6. The summed E-state index contributed by atoms with van der Waals surface area (Å²) >= 11 is 9.97. The van der Waals surface area contributed by atoms with Gasteiger partial charge in [0.2, 0.25) is 0 Å². The highest BCUT2D eigenvalue weighted by atomic mass is 79.9. The molecule has 0 unspecified atom stereocenters. The van der Waals surface area contributed by atoms with Gasteiger partial charge in [-0.05, 0) is 45.1 Å². The smallest absolute Gasteiger partial charge is 0.271 e. The molecule has 0 amide bonds. The van der Waals surface area contributed by atoms with E-state index in [4.69, 9.17) is 17.3 Å². The monoisotopic (exact) mass is 398 g/mol. The molecule has 0 aliphatic rings. The molecule has 1 aromatic heterocycles. The Morgan fingerprint density at radius 1 is 1.40 bits per heavy atom. The molecule has 2 rings (SSSR count). The Hall–Kier alpha value is -0.670. The molecule has 0 radical (unpaired) electrons. The minimum absolute atomic E-state index is 0.0314. The predicted molar refractivity (Wildman–Crippen MR) is 82.1 cm³/mol. The van der Waals surface area contributed by atoms with Crippen molar-refractivity contribution in [3.8, 4) is 0 Å². The van der Waals surface area contributed by atoms with E-state index in [-0.39, 0.29) is 25.9 Å². The van der Waals surface area contributed by atoms with Crippen LogP contribution in [-0.4, -0.2) is 8.42 Å². The van der Waals surface area contributed by atoms with Crippen LogP contribution >= 0.6 is 38.9 Å². The van der Waals surface area contributed by atoms with Gasteiger partial charge in [-0.2, -0.15) is 0 Å². The maximum Gasteiger partial charge on any atom is 0.271 e. The second-order valence-electron chi connectivity index (χ2n) is 3.83. The Labute approximate surface area is 132 Å². The summed E-state index contributed by atoms with van der Waals surface area (Å²) in [5, 5.41) is 1.63. The largest absolute Gasteiger partial charge is 0.326 e. The molecule has 0 aliphatic heterocycles. The van der Waals surface area contributed by atoms with E-state index in [0.717, 1.165) is 29.0 Å². The fourth-order valence-electron chi connectivity index (χ4n) is 1.43. The van der Waals surface area contributed by atoms with E-state index in [1.807, 2.05) is 0 Å². The molecule has 108 valence electrons. The van der Waals surface area contributed by atoms with Gasteiger partial charge in [0.15, 0.2) is 0 Å². The molecule has 0 aliphatic carbocycles. The summed E-state index contributed by atoms with van der Waals surface area (Å²) in [5.74, 6) is -0.564. The number of nitrogens with two attached hydrogens (primary N) is 1. The first-order valence-electron chi connectivity index (χ1n) is 5.28. The number of rotatable bonds is 4. The molecule has 1 heterocycles. The SMILES string of the molecule is NCc1csc(S(=O)(=O)Nc2c(Cl)cc(F)cc2Br)c1. The van der Waals surface area contributed by atoms with Crippen LogP contribution in [-0.2, 0) is 16.6 Å². The number of sulfonamides is 1. The highest BCUT2D eigenvalue weighted by Crippen LogP contribution is 2.34. The van der Waals surface area contributed by atoms with Gasteiger partial charge in [0.25, 0.3) is 10.0 Å². The van der Waals surface area contributed by atoms with E-state index >= 15 is 0 Å². The van der Waals surface area contributed by atoms with Gasteiger partial charge >= 0.3 is 0 Å². The van der Waals surface area contributed by atoms with Crippen LogP contribution in [0.1, 0.15) is 5.56 Å². The van der Waals surface area contributed by atoms with E-state index in [9.17, 15) is 12.8 Å². The summed E-state index contributed by atoms with van der Waals surface area (Å²) in [5.41, 5.74) is 6.26. The van der Waals surface area contributed by atoms with Crippen molar-refractivity contribution in [3.05, 3.63) is 44.5 Å². The summed E-state index contributed by atoms with van der Waals surface area (Å²) in [4.78, 5) is 0. The van der Waals surface area contributed by atoms with Gasteiger partial charge in [0, 0.05) is 11.0 Å². The lowest BCUT2D eigenvalue weighted by atomic mass is 10.3. The van der Waals surface area contributed by atoms with Crippen molar-refractivity contribution < 1.29 is 12.8 Å². The standard InChI is InChI=1S/C11H9BrClFN2O2S2/c12-8-2-7(14)3-9(13)11(8)16-20(17,18)10-1-6(4-15)5-19-10/h1-3,5,16H,4,15H2. The van der Waals surface area contributed by atoms with Crippen molar-refractivity contribution >= 4 is 54.6 Å². The summed E-state index contributed by atoms with van der Waals surface area (Å²) in [6.45, 7) is 0.257. The fraction of sp³-hybridized carbons (Fsp3) is 0.0909. The number of benzene rings is 1. The summed E-state index contributed by atoms with van der Waals surface area (Å²) in [7, 11) is -3.78. The Kier molecular flexibility index (Phi) is 4.70. The molecule has 3 N–H and O–H groups in total. The van der Waals surface area contributed by atoms with Crippen LogP contribution in [0.4, 0.5) is 10.1 Å². The Bertz CT molecular complexity index is 726. The maximum atomic E-state index is 13.1. The molecule has 1 aromatic carbocycles. The third-order valence-electron chi connectivity index (χ3n) is 2.37. The molecule has 0 atom stereocenters. The zero-order valence-corrected chi connectivity index (χ0v) is 13.8. The Morgan fingerprint density at radius 3 is 2.65 bits per heavy atom. The molecule has 2 aromatic rings. The lowest BCUT2D eigenvalue weighted by Crippen LogP contribution is -2.12. The third-order valence-corrected chi connectivity index (χ3v) is 6.14. The van der Waals surface area contributed by atoms with Crippen molar-refractivity contribution in [1.82, 2.24) is 0 Å². The average molecular weight is 400 g/mol. The first kappa shape index (κ1) is 15.7. The van der Waals surface area contributed by atoms with Crippen molar-refractivity contribution in [2.45, 2.75) is 10.8 Å². The fourth-order valence-corrected chi connectivity index (χ4v) is 4.83. The van der Waals surface area contributed by atoms with Crippen molar-refractivity contribution in [2.24, 2.45) is 5.73 Å². The molecular weight excluding hydrogens is 391 g/mol. The second-order valence-corrected chi connectivity index (χ2v) is 7.91. The molecule has 0 fully saturated rings.